The van der Waals surface area contributed by atoms with Crippen LogP contribution in [0.2, 0.25) is 0 Å². The van der Waals surface area contributed by atoms with E-state index in [-0.39, 0.29) is 5.41 Å². The van der Waals surface area contributed by atoms with Gasteiger partial charge >= 0.3 is 7.48 Å². The lowest BCUT2D eigenvalue weighted by molar-refractivity contribution is -0.0893. The highest BCUT2D eigenvalue weighted by molar-refractivity contribution is 6.47. The molecule has 0 aliphatic heterocycles. The van der Waals surface area contributed by atoms with Crippen LogP contribution in [-0.4, -0.2) is 31.6 Å². The molecule has 0 unspecified atom stereocenters. The third-order valence-electron chi connectivity index (χ3n) is 8.10. The molecule has 0 saturated heterocycles. The molecule has 35 heavy (non-hydrogen) atoms. The van der Waals surface area contributed by atoms with Crippen LogP contribution < -0.4 is 10.9 Å². The second-order valence-corrected chi connectivity index (χ2v) is 10.8. The van der Waals surface area contributed by atoms with E-state index < -0.39 is 11.2 Å². The van der Waals surface area contributed by atoms with Gasteiger partial charge in [-0.05, 0) is 72.2 Å². The normalized spacial score (nSPS) is 14.9. The first-order valence-corrected chi connectivity index (χ1v) is 12.1. The molecule has 169 valence electrons. The summed E-state index contributed by atoms with van der Waals surface area (Å²) in [6, 6.07) is 30.3. The number of aliphatic hydroxyl groups is 1. The van der Waals surface area contributed by atoms with E-state index in [4.69, 9.17) is 12.5 Å². The van der Waals surface area contributed by atoms with Crippen LogP contribution in [0.1, 0.15) is 49.9 Å². The number of benzene rings is 4. The van der Waals surface area contributed by atoms with Crippen molar-refractivity contribution < 1.29 is 9.76 Å². The van der Waals surface area contributed by atoms with Crippen molar-refractivity contribution in [2.45, 2.75) is 44.3 Å². The third kappa shape index (κ3) is 3.06. The summed E-state index contributed by atoms with van der Waals surface area (Å²) in [7, 11) is 8.06. The Morgan fingerprint density at radius 3 is 1.80 bits per heavy atom. The smallest absolute Gasteiger partial charge is 0.330 e. The maximum atomic E-state index is 10.5. The van der Waals surface area contributed by atoms with Crippen LogP contribution in [0, 0.1) is 0 Å². The van der Waals surface area contributed by atoms with Gasteiger partial charge in [0.1, 0.15) is 7.85 Å². The van der Waals surface area contributed by atoms with Gasteiger partial charge in [-0.2, -0.15) is 0 Å². The van der Waals surface area contributed by atoms with Crippen molar-refractivity contribution in [1.29, 1.82) is 0 Å². The van der Waals surface area contributed by atoms with Crippen molar-refractivity contribution in [3.05, 3.63) is 107 Å². The van der Waals surface area contributed by atoms with Crippen molar-refractivity contribution in [3.8, 4) is 22.3 Å². The van der Waals surface area contributed by atoms with Gasteiger partial charge in [-0.25, -0.2) is 0 Å². The third-order valence-corrected chi connectivity index (χ3v) is 8.10. The van der Waals surface area contributed by atoms with Gasteiger partial charge < -0.3 is 9.76 Å². The summed E-state index contributed by atoms with van der Waals surface area (Å²) in [5.74, 6) is 0. The molecule has 4 aromatic carbocycles. The summed E-state index contributed by atoms with van der Waals surface area (Å²) in [6.45, 7) is 7.32. The molecule has 6 rings (SSSR count). The van der Waals surface area contributed by atoms with Gasteiger partial charge in [0.05, 0.1) is 16.6 Å². The molecule has 2 aliphatic carbocycles. The number of hydrogen-bond donors (Lipinski definition) is 1. The van der Waals surface area contributed by atoms with Gasteiger partial charge in [0.15, 0.2) is 0 Å². The zero-order valence-corrected chi connectivity index (χ0v) is 20.6. The number of rotatable bonds is 4. The van der Waals surface area contributed by atoms with E-state index in [0.29, 0.717) is 0 Å². The van der Waals surface area contributed by atoms with Gasteiger partial charge in [0, 0.05) is 0 Å². The van der Waals surface area contributed by atoms with E-state index in [2.05, 4.69) is 78.9 Å². The second kappa shape index (κ2) is 7.46. The monoisotopic (exact) mass is 453 g/mol. The van der Waals surface area contributed by atoms with Crippen LogP contribution in [0.25, 0.3) is 22.3 Å². The molecule has 3 radical (unpaired) electrons. The first-order chi connectivity index (χ1) is 16.6. The van der Waals surface area contributed by atoms with E-state index in [9.17, 15) is 5.11 Å². The Bertz CT molecular complexity index is 1430. The molecule has 0 heterocycles. The summed E-state index contributed by atoms with van der Waals surface area (Å²) in [6.07, 6.45) is 0. The maximum Gasteiger partial charge on any atom is 0.330 e. The van der Waals surface area contributed by atoms with Crippen LogP contribution >= 0.6 is 0 Å². The molecule has 4 aromatic rings. The van der Waals surface area contributed by atoms with Gasteiger partial charge in [-0.3, -0.25) is 0 Å². The van der Waals surface area contributed by atoms with E-state index in [0.717, 1.165) is 22.1 Å². The molecule has 2 nitrogen and oxygen atoms in total. The minimum atomic E-state index is -0.984. The molecule has 0 aromatic heterocycles. The molecular weight excluding hydrogens is 426 g/mol. The van der Waals surface area contributed by atoms with E-state index in [1.54, 1.807) is 21.3 Å². The molecule has 0 fully saturated rings. The summed E-state index contributed by atoms with van der Waals surface area (Å²) in [5.41, 5.74) is 9.62. The van der Waals surface area contributed by atoms with Crippen LogP contribution in [-0.2, 0) is 10.1 Å². The average molecular weight is 453 g/mol. The lowest BCUT2D eigenvalue weighted by Crippen LogP contribution is -2.49. The van der Waals surface area contributed by atoms with Gasteiger partial charge in [0.25, 0.3) is 0 Å². The Morgan fingerprint density at radius 1 is 0.686 bits per heavy atom. The van der Waals surface area contributed by atoms with Crippen LogP contribution in [0.5, 0.6) is 0 Å². The highest BCUT2D eigenvalue weighted by Gasteiger charge is 2.51. The molecule has 0 saturated carbocycles. The summed E-state index contributed by atoms with van der Waals surface area (Å²) in [5, 5.41) is 10.5. The Hall–Kier alpha value is -3.07. The molecule has 0 atom stereocenters. The second-order valence-electron chi connectivity index (χ2n) is 10.8. The first-order valence-electron chi connectivity index (χ1n) is 12.1. The minimum Gasteiger partial charge on any atom is -0.427 e. The lowest BCUT2D eigenvalue weighted by Gasteiger charge is -2.37. The summed E-state index contributed by atoms with van der Waals surface area (Å²) < 4.78 is 6.08. The van der Waals surface area contributed by atoms with Gasteiger partial charge in [-0.1, -0.05) is 95.9 Å². The average Bonchev–Trinajstić information content (AvgIpc) is 3.28. The predicted molar refractivity (Wildman–Crippen MR) is 145 cm³/mol. The molecule has 1 spiro atoms. The van der Waals surface area contributed by atoms with E-state index in [1.165, 1.54) is 33.4 Å². The number of hydrogen-bond acceptors (Lipinski definition) is 2. The molecule has 4 heteroatoms. The van der Waals surface area contributed by atoms with E-state index in [1.807, 2.05) is 19.9 Å². The van der Waals surface area contributed by atoms with Gasteiger partial charge in [-0.15, -0.1) is 0 Å². The largest absolute Gasteiger partial charge is 0.427 e. The van der Waals surface area contributed by atoms with Crippen molar-refractivity contribution in [3.63, 3.8) is 0 Å². The molecule has 0 amide bonds. The first kappa shape index (κ1) is 22.4. The highest BCUT2D eigenvalue weighted by Crippen LogP contribution is 2.62. The van der Waals surface area contributed by atoms with Crippen molar-refractivity contribution in [2.24, 2.45) is 0 Å². The summed E-state index contributed by atoms with van der Waals surface area (Å²) in [4.78, 5) is 0. The maximum absolute atomic E-state index is 10.5. The quantitative estimate of drug-likeness (QED) is 0.395. The minimum absolute atomic E-state index is 0.378. The zero-order valence-electron chi connectivity index (χ0n) is 20.6. The molecular formula is C31H27B2O2. The highest BCUT2D eigenvalue weighted by atomic mass is 16.5. The van der Waals surface area contributed by atoms with Crippen molar-refractivity contribution >= 4 is 26.3 Å². The Kier molecular flexibility index (Phi) is 4.78. The molecule has 0 bridgehead atoms. The Morgan fingerprint density at radius 2 is 1.20 bits per heavy atom. The van der Waals surface area contributed by atoms with Crippen LogP contribution in [0.3, 0.4) is 0 Å². The number of fused-ring (bicyclic) bond motifs is 10. The fraction of sp³-hybridized carbons (Fsp3) is 0.226. The predicted octanol–water partition coefficient (Wildman–Crippen LogP) is 4.63. The standard InChI is InChI=1S/C31H27B2O2/c1-29(2,34)30(3,4)35-33-20-14-16-28-24(18-20)23-17-19(32)13-15-27(23)31(28)25-11-7-5-9-21(25)22-10-6-8-12-26(22)31/h5-18,34H,1-4H3. The lowest BCUT2D eigenvalue weighted by atomic mass is 9.70. The van der Waals surface area contributed by atoms with Crippen molar-refractivity contribution in [1.82, 2.24) is 0 Å². The van der Waals surface area contributed by atoms with E-state index >= 15 is 0 Å². The Labute approximate surface area is 209 Å². The Balaban J connectivity index is 1.57. The fourth-order valence-corrected chi connectivity index (χ4v) is 5.62. The molecule has 1 N–H and O–H groups in total. The van der Waals surface area contributed by atoms with Crippen molar-refractivity contribution in [2.75, 3.05) is 0 Å². The fourth-order valence-electron chi connectivity index (χ4n) is 5.62. The molecule has 2 aliphatic rings. The zero-order chi connectivity index (χ0) is 24.6. The topological polar surface area (TPSA) is 29.5 Å². The summed E-state index contributed by atoms with van der Waals surface area (Å²) >= 11 is 0. The van der Waals surface area contributed by atoms with Crippen LogP contribution in [0.15, 0.2) is 84.9 Å². The van der Waals surface area contributed by atoms with Gasteiger partial charge in [0.2, 0.25) is 0 Å². The SMILES string of the molecule is [B]c1ccc2c(c1)-c1cc([B]OC(C)(C)C(C)(C)O)ccc1C21c2ccccc2-c2ccccc21. The van der Waals surface area contributed by atoms with Crippen LogP contribution in [0.4, 0.5) is 0 Å².